The largest absolute Gasteiger partial charge is 0.461 e. The van der Waals surface area contributed by atoms with Crippen LogP contribution in [-0.2, 0) is 9.53 Å². The maximum atomic E-state index is 10.9. The lowest BCUT2D eigenvalue weighted by Crippen LogP contribution is -2.04. The van der Waals surface area contributed by atoms with Gasteiger partial charge in [0.1, 0.15) is 0 Å². The third-order valence-corrected chi connectivity index (χ3v) is 2.52. The maximum Gasteiger partial charge on any atom is 0.270 e. The quantitative estimate of drug-likeness (QED) is 0.465. The molecule has 1 heterocycles. The number of rotatable bonds is 3. The van der Waals surface area contributed by atoms with E-state index in [1.807, 2.05) is 13.8 Å². The number of hydrogen-bond acceptors (Lipinski definition) is 5. The van der Waals surface area contributed by atoms with Gasteiger partial charge in [-0.15, -0.1) is 0 Å². The molecular formula is C12H12N2O4. The number of fused-ring (bicyclic) bond motifs is 1. The second-order valence-electron chi connectivity index (χ2n) is 4.23. The number of carbonyl (C=O) groups excluding carboxylic acids is 1. The van der Waals surface area contributed by atoms with E-state index in [1.165, 1.54) is 18.2 Å². The van der Waals surface area contributed by atoms with Gasteiger partial charge >= 0.3 is 0 Å². The van der Waals surface area contributed by atoms with Gasteiger partial charge < -0.3 is 4.74 Å². The first-order chi connectivity index (χ1) is 8.52. The van der Waals surface area contributed by atoms with E-state index in [0.717, 1.165) is 0 Å². The fourth-order valence-corrected chi connectivity index (χ4v) is 1.77. The summed E-state index contributed by atoms with van der Waals surface area (Å²) in [6.07, 6.45) is -0.0636. The van der Waals surface area contributed by atoms with Crippen LogP contribution in [0.15, 0.2) is 23.2 Å². The van der Waals surface area contributed by atoms with Crippen molar-refractivity contribution in [1.29, 1.82) is 0 Å². The van der Waals surface area contributed by atoms with Crippen LogP contribution in [0.2, 0.25) is 0 Å². The van der Waals surface area contributed by atoms with Crippen LogP contribution in [0.25, 0.3) is 0 Å². The molecule has 1 aromatic rings. The first-order valence-corrected chi connectivity index (χ1v) is 5.51. The standard InChI is InChI=1S/C12H12N2O4/c1-7(2)13-12-10-5-8(14(16)17)3-4-9(10)11(6-15)18-12/h3-7,11H,1-2H3. The Labute approximate surface area is 103 Å². The SMILES string of the molecule is CC(C)N=C1OC(C=O)c2ccc([N+](=O)[O-])cc21. The zero-order valence-corrected chi connectivity index (χ0v) is 9.99. The fraction of sp³-hybridized carbons (Fsp3) is 0.333. The smallest absolute Gasteiger partial charge is 0.270 e. The third kappa shape index (κ3) is 2.09. The number of aliphatic imine (C=N–C) groups is 1. The summed E-state index contributed by atoms with van der Waals surface area (Å²) < 4.78 is 5.39. The van der Waals surface area contributed by atoms with Crippen LogP contribution in [0.5, 0.6) is 0 Å². The van der Waals surface area contributed by atoms with Gasteiger partial charge in [-0.1, -0.05) is 0 Å². The van der Waals surface area contributed by atoms with Crippen molar-refractivity contribution < 1.29 is 14.5 Å². The number of carbonyl (C=O) groups is 1. The molecule has 0 radical (unpaired) electrons. The highest BCUT2D eigenvalue weighted by molar-refractivity contribution is 6.01. The van der Waals surface area contributed by atoms with Crippen molar-refractivity contribution in [3.8, 4) is 0 Å². The Bertz CT molecular complexity index is 537. The lowest BCUT2D eigenvalue weighted by atomic mass is 10.0. The van der Waals surface area contributed by atoms with Crippen molar-refractivity contribution in [2.24, 2.45) is 4.99 Å². The number of nitrogens with zero attached hydrogens (tertiary/aromatic N) is 2. The predicted octanol–water partition coefficient (Wildman–Crippen LogP) is 2.02. The maximum absolute atomic E-state index is 10.9. The molecule has 0 bridgehead atoms. The molecule has 18 heavy (non-hydrogen) atoms. The molecule has 0 saturated carbocycles. The second-order valence-corrected chi connectivity index (χ2v) is 4.23. The van der Waals surface area contributed by atoms with Crippen molar-refractivity contribution in [2.45, 2.75) is 26.0 Å². The van der Waals surface area contributed by atoms with Crippen molar-refractivity contribution in [3.05, 3.63) is 39.4 Å². The Morgan fingerprint density at radius 3 is 2.78 bits per heavy atom. The van der Waals surface area contributed by atoms with Crippen LogP contribution < -0.4 is 0 Å². The Balaban J connectivity index is 2.54. The third-order valence-electron chi connectivity index (χ3n) is 2.52. The summed E-state index contributed by atoms with van der Waals surface area (Å²) >= 11 is 0. The minimum atomic E-state index is -0.724. The zero-order chi connectivity index (χ0) is 13.3. The first-order valence-electron chi connectivity index (χ1n) is 5.51. The molecule has 1 atom stereocenters. The van der Waals surface area contributed by atoms with E-state index in [1.54, 1.807) is 0 Å². The van der Waals surface area contributed by atoms with Crippen LogP contribution in [0.1, 0.15) is 31.1 Å². The molecule has 0 amide bonds. The van der Waals surface area contributed by atoms with Crippen LogP contribution in [0, 0.1) is 10.1 Å². The number of ether oxygens (including phenoxy) is 1. The Morgan fingerprint density at radius 2 is 2.22 bits per heavy atom. The molecule has 6 nitrogen and oxygen atoms in total. The normalized spacial score (nSPS) is 19.7. The zero-order valence-electron chi connectivity index (χ0n) is 9.99. The van der Waals surface area contributed by atoms with Crippen molar-refractivity contribution in [3.63, 3.8) is 0 Å². The van der Waals surface area contributed by atoms with Gasteiger partial charge in [-0.3, -0.25) is 14.9 Å². The van der Waals surface area contributed by atoms with Gasteiger partial charge in [0.05, 0.1) is 10.5 Å². The Hall–Kier alpha value is -2.24. The molecule has 1 aromatic carbocycles. The van der Waals surface area contributed by atoms with E-state index < -0.39 is 11.0 Å². The molecule has 0 aliphatic carbocycles. The number of benzene rings is 1. The average molecular weight is 248 g/mol. The molecule has 1 aliphatic heterocycles. The van der Waals surface area contributed by atoms with Crippen molar-refractivity contribution >= 4 is 17.9 Å². The minimum absolute atomic E-state index is 0.0162. The summed E-state index contributed by atoms with van der Waals surface area (Å²) in [6, 6.07) is 4.27. The highest BCUT2D eigenvalue weighted by Gasteiger charge is 2.30. The van der Waals surface area contributed by atoms with E-state index in [0.29, 0.717) is 23.3 Å². The lowest BCUT2D eigenvalue weighted by molar-refractivity contribution is -0.384. The molecule has 94 valence electrons. The second kappa shape index (κ2) is 4.56. The molecule has 6 heteroatoms. The van der Waals surface area contributed by atoms with E-state index in [2.05, 4.69) is 4.99 Å². The molecule has 0 spiro atoms. The molecule has 1 unspecified atom stereocenters. The van der Waals surface area contributed by atoms with Crippen LogP contribution in [0.4, 0.5) is 5.69 Å². The average Bonchev–Trinajstić information content (AvgIpc) is 2.66. The van der Waals surface area contributed by atoms with Crippen molar-refractivity contribution in [1.82, 2.24) is 0 Å². The molecule has 0 N–H and O–H groups in total. The number of aldehydes is 1. The topological polar surface area (TPSA) is 81.8 Å². The highest BCUT2D eigenvalue weighted by atomic mass is 16.6. The lowest BCUT2D eigenvalue weighted by Gasteiger charge is -2.03. The van der Waals surface area contributed by atoms with Crippen molar-refractivity contribution in [2.75, 3.05) is 0 Å². The van der Waals surface area contributed by atoms with Gasteiger partial charge in [0.2, 0.25) is 5.90 Å². The molecule has 0 saturated heterocycles. The summed E-state index contributed by atoms with van der Waals surface area (Å²) in [6.45, 7) is 3.73. The minimum Gasteiger partial charge on any atom is -0.461 e. The van der Waals surface area contributed by atoms with Gasteiger partial charge in [-0.25, -0.2) is 4.99 Å². The molecule has 1 aliphatic rings. The van der Waals surface area contributed by atoms with Crippen LogP contribution in [0.3, 0.4) is 0 Å². The van der Waals surface area contributed by atoms with Crippen LogP contribution >= 0.6 is 0 Å². The summed E-state index contributed by atoms with van der Waals surface area (Å²) in [5.41, 5.74) is 1.10. The monoisotopic (exact) mass is 248 g/mol. The number of nitro benzene ring substituents is 1. The van der Waals surface area contributed by atoms with Gasteiger partial charge in [-0.2, -0.15) is 0 Å². The van der Waals surface area contributed by atoms with Crippen LogP contribution in [-0.4, -0.2) is 23.1 Å². The molecule has 0 fully saturated rings. The van der Waals surface area contributed by atoms with Gasteiger partial charge in [0, 0.05) is 23.7 Å². The van der Waals surface area contributed by atoms with Gasteiger partial charge in [-0.05, 0) is 19.9 Å². The van der Waals surface area contributed by atoms with Gasteiger partial charge in [0.15, 0.2) is 12.4 Å². The van der Waals surface area contributed by atoms with E-state index in [9.17, 15) is 14.9 Å². The summed E-state index contributed by atoms with van der Waals surface area (Å²) in [7, 11) is 0. The van der Waals surface area contributed by atoms with E-state index in [-0.39, 0.29) is 11.7 Å². The summed E-state index contributed by atoms with van der Waals surface area (Å²) in [4.78, 5) is 25.4. The number of nitro groups is 1. The van der Waals surface area contributed by atoms with E-state index >= 15 is 0 Å². The summed E-state index contributed by atoms with van der Waals surface area (Å²) in [5.74, 6) is 0.292. The number of non-ortho nitro benzene ring substituents is 1. The molecule has 2 rings (SSSR count). The first kappa shape index (κ1) is 12.2. The molecular weight excluding hydrogens is 236 g/mol. The van der Waals surface area contributed by atoms with E-state index in [4.69, 9.17) is 4.74 Å². The van der Waals surface area contributed by atoms with Gasteiger partial charge in [0.25, 0.3) is 5.69 Å². The Kier molecular flexibility index (Phi) is 3.10. The Morgan fingerprint density at radius 1 is 1.50 bits per heavy atom. The highest BCUT2D eigenvalue weighted by Crippen LogP contribution is 2.32. The molecule has 0 aromatic heterocycles. The summed E-state index contributed by atoms with van der Waals surface area (Å²) in [5, 5.41) is 10.7. The number of hydrogen-bond donors (Lipinski definition) is 0. The fourth-order valence-electron chi connectivity index (χ4n) is 1.77. The predicted molar refractivity (Wildman–Crippen MR) is 64.7 cm³/mol.